The molecule has 1 aromatic carbocycles. The minimum atomic E-state index is -3.61. The quantitative estimate of drug-likeness (QED) is 0.767. The van der Waals surface area contributed by atoms with Gasteiger partial charge in [-0.2, -0.15) is 0 Å². The standard InChI is InChI=1S/C11H14O2/c12-11(13)9-5-4-8-10-6-2-1-3-7-10/h1-3,6-7H,4-5,8-9H2,(H,12,13)/i4D2,5D2,8D2,9D2. The normalized spacial score (nSPS) is 23.4. The van der Waals surface area contributed by atoms with Crippen molar-refractivity contribution in [2.24, 2.45) is 0 Å². The van der Waals surface area contributed by atoms with Crippen molar-refractivity contribution in [1.82, 2.24) is 0 Å². The molecule has 0 heterocycles. The molecule has 0 fully saturated rings. The molecule has 1 aromatic rings. The van der Waals surface area contributed by atoms with Crippen LogP contribution < -0.4 is 0 Å². The van der Waals surface area contributed by atoms with Gasteiger partial charge in [0.1, 0.15) is 0 Å². The number of benzene rings is 1. The predicted octanol–water partition coefficient (Wildman–Crippen LogP) is 2.48. The Morgan fingerprint density at radius 1 is 1.31 bits per heavy atom. The fourth-order valence-electron chi connectivity index (χ4n) is 0.710. The number of carboxylic acid groups (broad SMARTS) is 1. The van der Waals surface area contributed by atoms with Gasteiger partial charge in [0.2, 0.25) is 0 Å². The smallest absolute Gasteiger partial charge is 0.303 e. The van der Waals surface area contributed by atoms with Crippen LogP contribution in [0.15, 0.2) is 30.3 Å². The van der Waals surface area contributed by atoms with Crippen LogP contribution >= 0.6 is 0 Å². The third-order valence-electron chi connectivity index (χ3n) is 1.21. The Bertz CT molecular complexity index is 526. The maximum Gasteiger partial charge on any atom is 0.303 e. The molecular formula is C11H14O2. The summed E-state index contributed by atoms with van der Waals surface area (Å²) >= 11 is 0. The van der Waals surface area contributed by atoms with E-state index in [1.165, 1.54) is 24.3 Å². The van der Waals surface area contributed by atoms with Crippen LogP contribution in [0.1, 0.15) is 35.6 Å². The van der Waals surface area contributed by atoms with Crippen molar-refractivity contribution in [3.8, 4) is 0 Å². The lowest BCUT2D eigenvalue weighted by Crippen LogP contribution is -1.94. The van der Waals surface area contributed by atoms with Crippen molar-refractivity contribution in [2.75, 3.05) is 0 Å². The van der Waals surface area contributed by atoms with E-state index in [-0.39, 0.29) is 5.56 Å². The molecule has 0 amide bonds. The van der Waals surface area contributed by atoms with Crippen LogP contribution in [0.3, 0.4) is 0 Å². The number of carbonyl (C=O) groups is 1. The van der Waals surface area contributed by atoms with E-state index in [2.05, 4.69) is 0 Å². The molecule has 0 aliphatic heterocycles. The molecule has 0 saturated carbocycles. The maximum absolute atomic E-state index is 10.9. The molecule has 1 rings (SSSR count). The fraction of sp³-hybridized carbons (Fsp3) is 0.364. The zero-order chi connectivity index (χ0) is 16.7. The second-order valence-corrected chi connectivity index (χ2v) is 2.17. The minimum absolute atomic E-state index is 0.208. The van der Waals surface area contributed by atoms with Crippen molar-refractivity contribution in [1.29, 1.82) is 0 Å². The van der Waals surface area contributed by atoms with Gasteiger partial charge in [0.05, 0.1) is 0 Å². The van der Waals surface area contributed by atoms with Crippen LogP contribution in [0.2, 0.25) is 0 Å². The highest BCUT2D eigenvalue weighted by Crippen LogP contribution is 2.05. The lowest BCUT2D eigenvalue weighted by atomic mass is 10.1. The molecule has 0 aromatic heterocycles. The van der Waals surface area contributed by atoms with Gasteiger partial charge in [0.25, 0.3) is 0 Å². The first-order valence-corrected chi connectivity index (χ1v) is 3.59. The molecule has 0 saturated heterocycles. The maximum atomic E-state index is 10.9. The Labute approximate surface area is 89.5 Å². The lowest BCUT2D eigenvalue weighted by molar-refractivity contribution is -0.137. The summed E-state index contributed by atoms with van der Waals surface area (Å²) in [6, 6.07) is 6.85. The topological polar surface area (TPSA) is 37.3 Å². The lowest BCUT2D eigenvalue weighted by Gasteiger charge is -1.98. The van der Waals surface area contributed by atoms with Crippen LogP contribution in [-0.4, -0.2) is 11.1 Å². The largest absolute Gasteiger partial charge is 0.481 e. The van der Waals surface area contributed by atoms with Crippen molar-refractivity contribution in [3.63, 3.8) is 0 Å². The van der Waals surface area contributed by atoms with E-state index in [4.69, 9.17) is 16.1 Å². The summed E-state index contributed by atoms with van der Waals surface area (Å²) in [5, 5.41) is 8.77. The summed E-state index contributed by atoms with van der Waals surface area (Å²) in [4.78, 5) is 10.9. The summed E-state index contributed by atoms with van der Waals surface area (Å²) in [6.07, 6.45) is -13.6. The summed E-state index contributed by atoms with van der Waals surface area (Å²) in [5.74, 6) is -2.19. The van der Waals surface area contributed by atoms with E-state index in [1.807, 2.05) is 0 Å². The SMILES string of the molecule is [2H]C([2H])(C(=O)O)C([2H])([2H])C([2H])([2H])C([2H])([2H])c1ccccc1. The number of carboxylic acids is 1. The molecule has 1 N–H and O–H groups in total. The molecule has 0 unspecified atom stereocenters. The summed E-state index contributed by atoms with van der Waals surface area (Å²) in [7, 11) is 0. The van der Waals surface area contributed by atoms with Crippen molar-refractivity contribution in [2.45, 2.75) is 25.5 Å². The summed E-state index contributed by atoms with van der Waals surface area (Å²) in [5.41, 5.74) is -0.208. The van der Waals surface area contributed by atoms with E-state index in [1.54, 1.807) is 6.07 Å². The van der Waals surface area contributed by atoms with Crippen LogP contribution in [0, 0.1) is 0 Å². The molecule has 0 spiro atoms. The van der Waals surface area contributed by atoms with Crippen molar-refractivity contribution in [3.05, 3.63) is 35.9 Å². The van der Waals surface area contributed by atoms with E-state index in [0.29, 0.717) is 0 Å². The molecule has 0 bridgehead atoms. The van der Waals surface area contributed by atoms with E-state index >= 15 is 0 Å². The van der Waals surface area contributed by atoms with Gasteiger partial charge in [0.15, 0.2) is 0 Å². The van der Waals surface area contributed by atoms with Gasteiger partial charge in [-0.3, -0.25) is 4.79 Å². The van der Waals surface area contributed by atoms with E-state index in [0.717, 1.165) is 0 Å². The molecule has 0 aliphatic rings. The Hall–Kier alpha value is -1.31. The third-order valence-corrected chi connectivity index (χ3v) is 1.21. The first kappa shape index (κ1) is 3.45. The van der Waals surface area contributed by atoms with Gasteiger partial charge in [-0.25, -0.2) is 0 Å². The number of rotatable bonds is 5. The Morgan fingerprint density at radius 3 is 2.62 bits per heavy atom. The highest BCUT2D eigenvalue weighted by Gasteiger charge is 1.96. The third kappa shape index (κ3) is 4.31. The van der Waals surface area contributed by atoms with Gasteiger partial charge >= 0.3 is 5.97 Å². The molecule has 13 heavy (non-hydrogen) atoms. The average molecular weight is 186 g/mol. The Morgan fingerprint density at radius 2 is 2.00 bits per heavy atom. The van der Waals surface area contributed by atoms with Crippen LogP contribution in [0.5, 0.6) is 0 Å². The molecular weight excluding hydrogens is 164 g/mol. The molecule has 70 valence electrons. The second kappa shape index (κ2) is 5.36. The monoisotopic (exact) mass is 186 g/mol. The van der Waals surface area contributed by atoms with Gasteiger partial charge in [0, 0.05) is 17.3 Å². The molecule has 2 heteroatoms. The van der Waals surface area contributed by atoms with Crippen molar-refractivity contribution < 1.29 is 20.9 Å². The molecule has 2 nitrogen and oxygen atoms in total. The minimum Gasteiger partial charge on any atom is -0.481 e. The first-order chi connectivity index (χ1) is 9.30. The summed E-state index contributed by atoms with van der Waals surface area (Å²) in [6.45, 7) is 0. The number of aliphatic carboxylic acids is 1. The number of aryl methyl sites for hydroxylation is 1. The van der Waals surface area contributed by atoms with Crippen LogP contribution in [0.25, 0.3) is 0 Å². The zero-order valence-corrected chi connectivity index (χ0v) is 6.74. The summed E-state index contributed by atoms with van der Waals surface area (Å²) < 4.78 is 60.8. The van der Waals surface area contributed by atoms with Crippen molar-refractivity contribution >= 4 is 5.97 Å². The van der Waals surface area contributed by atoms with Gasteiger partial charge in [-0.15, -0.1) is 0 Å². The van der Waals surface area contributed by atoms with E-state index in [9.17, 15) is 4.79 Å². The average Bonchev–Trinajstić information content (AvgIpc) is 2.38. The molecule has 0 radical (unpaired) electrons. The number of hydrogen-bond acceptors (Lipinski definition) is 1. The van der Waals surface area contributed by atoms with Gasteiger partial charge < -0.3 is 5.11 Å². The fourth-order valence-corrected chi connectivity index (χ4v) is 0.710. The zero-order valence-electron chi connectivity index (χ0n) is 14.7. The Kier molecular flexibility index (Phi) is 1.42. The second-order valence-electron chi connectivity index (χ2n) is 2.17. The van der Waals surface area contributed by atoms with Crippen LogP contribution in [-0.2, 0) is 11.2 Å². The Balaban J connectivity index is 3.42. The molecule has 0 atom stereocenters. The highest BCUT2D eigenvalue weighted by atomic mass is 16.4. The predicted molar refractivity (Wildman–Crippen MR) is 51.6 cm³/mol. The first-order valence-electron chi connectivity index (χ1n) is 7.59. The van der Waals surface area contributed by atoms with Gasteiger partial charge in [-0.1, -0.05) is 30.3 Å². The van der Waals surface area contributed by atoms with Crippen LogP contribution in [0.4, 0.5) is 0 Å². The van der Waals surface area contributed by atoms with Gasteiger partial charge in [-0.05, 0) is 24.7 Å². The van der Waals surface area contributed by atoms with E-state index < -0.39 is 31.5 Å². The molecule has 0 aliphatic carbocycles. The number of hydrogen-bond donors (Lipinski definition) is 1. The highest BCUT2D eigenvalue weighted by molar-refractivity contribution is 5.66.